The van der Waals surface area contributed by atoms with E-state index in [1.807, 2.05) is 31.3 Å². The van der Waals surface area contributed by atoms with Crippen LogP contribution in [0.4, 0.5) is 0 Å². The SMILES string of the molecule is COC[C@@H]1CCCN(CC(=O)N(C)Cc2ccc(OC)cc2)C1. The standard InChI is InChI=1S/C18H28N2O3/c1-19(11-15-6-8-17(23-3)9-7-15)18(21)13-20-10-4-5-16(12-20)14-22-2/h6-9,16H,4-5,10-14H2,1-3H3/t16-/m1/s1. The molecular formula is C18H28N2O3. The Morgan fingerprint density at radius 1 is 1.30 bits per heavy atom. The zero-order valence-corrected chi connectivity index (χ0v) is 14.5. The lowest BCUT2D eigenvalue weighted by molar-refractivity contribution is -0.132. The Labute approximate surface area is 139 Å². The number of carbonyl (C=O) groups is 1. The van der Waals surface area contributed by atoms with Crippen LogP contribution in [0.3, 0.4) is 0 Å². The minimum Gasteiger partial charge on any atom is -0.497 e. The van der Waals surface area contributed by atoms with Crippen LogP contribution in [0.25, 0.3) is 0 Å². The van der Waals surface area contributed by atoms with Crippen LogP contribution in [0.1, 0.15) is 18.4 Å². The number of nitrogens with zero attached hydrogens (tertiary/aromatic N) is 2. The normalized spacial score (nSPS) is 18.7. The zero-order valence-electron chi connectivity index (χ0n) is 14.5. The zero-order chi connectivity index (χ0) is 16.7. The Balaban J connectivity index is 1.81. The van der Waals surface area contributed by atoms with Crippen LogP contribution in [0.5, 0.6) is 5.75 Å². The number of hydrogen-bond donors (Lipinski definition) is 0. The van der Waals surface area contributed by atoms with E-state index in [1.54, 1.807) is 19.1 Å². The lowest BCUT2D eigenvalue weighted by Crippen LogP contribution is -2.43. The van der Waals surface area contributed by atoms with E-state index in [-0.39, 0.29) is 5.91 Å². The average molecular weight is 320 g/mol. The van der Waals surface area contributed by atoms with Crippen LogP contribution in [0.15, 0.2) is 24.3 Å². The van der Waals surface area contributed by atoms with Crippen molar-refractivity contribution < 1.29 is 14.3 Å². The molecule has 1 atom stereocenters. The summed E-state index contributed by atoms with van der Waals surface area (Å²) in [6.07, 6.45) is 2.34. The number of amides is 1. The Morgan fingerprint density at radius 2 is 2.04 bits per heavy atom. The molecule has 1 aromatic carbocycles. The minimum atomic E-state index is 0.166. The van der Waals surface area contributed by atoms with Crippen molar-refractivity contribution in [1.29, 1.82) is 0 Å². The maximum absolute atomic E-state index is 12.4. The van der Waals surface area contributed by atoms with Crippen molar-refractivity contribution in [3.05, 3.63) is 29.8 Å². The first kappa shape index (κ1) is 17.8. The molecule has 128 valence electrons. The minimum absolute atomic E-state index is 0.166. The monoisotopic (exact) mass is 320 g/mol. The van der Waals surface area contributed by atoms with Crippen LogP contribution in [-0.4, -0.2) is 63.2 Å². The number of hydrogen-bond acceptors (Lipinski definition) is 4. The van der Waals surface area contributed by atoms with E-state index in [0.29, 0.717) is 19.0 Å². The van der Waals surface area contributed by atoms with Gasteiger partial charge in [-0.3, -0.25) is 9.69 Å². The molecule has 0 N–H and O–H groups in total. The fraction of sp³-hybridized carbons (Fsp3) is 0.611. The number of piperidine rings is 1. The van der Waals surface area contributed by atoms with Crippen molar-refractivity contribution in [2.45, 2.75) is 19.4 Å². The van der Waals surface area contributed by atoms with Gasteiger partial charge in [-0.1, -0.05) is 12.1 Å². The molecule has 0 saturated carbocycles. The van der Waals surface area contributed by atoms with Crippen molar-refractivity contribution in [3.8, 4) is 5.75 Å². The quantitative estimate of drug-likeness (QED) is 0.771. The highest BCUT2D eigenvalue weighted by atomic mass is 16.5. The van der Waals surface area contributed by atoms with Crippen molar-refractivity contribution >= 4 is 5.91 Å². The summed E-state index contributed by atoms with van der Waals surface area (Å²) >= 11 is 0. The Kier molecular flexibility index (Phi) is 6.86. The summed E-state index contributed by atoms with van der Waals surface area (Å²) in [5, 5.41) is 0. The van der Waals surface area contributed by atoms with E-state index in [2.05, 4.69) is 4.90 Å². The van der Waals surface area contributed by atoms with E-state index >= 15 is 0 Å². The molecule has 0 radical (unpaired) electrons. The van der Waals surface area contributed by atoms with Gasteiger partial charge in [-0.2, -0.15) is 0 Å². The maximum atomic E-state index is 12.4. The van der Waals surface area contributed by atoms with Gasteiger partial charge in [0.25, 0.3) is 0 Å². The van der Waals surface area contributed by atoms with E-state index < -0.39 is 0 Å². The molecule has 1 heterocycles. The molecule has 0 spiro atoms. The third kappa shape index (κ3) is 5.52. The Hall–Kier alpha value is -1.59. The van der Waals surface area contributed by atoms with Gasteiger partial charge in [-0.25, -0.2) is 0 Å². The van der Waals surface area contributed by atoms with E-state index in [4.69, 9.17) is 9.47 Å². The fourth-order valence-electron chi connectivity index (χ4n) is 3.07. The molecule has 1 aliphatic rings. The summed E-state index contributed by atoms with van der Waals surface area (Å²) in [5.41, 5.74) is 1.11. The first-order valence-electron chi connectivity index (χ1n) is 8.20. The number of ether oxygens (including phenoxy) is 2. The van der Waals surface area contributed by atoms with Crippen LogP contribution >= 0.6 is 0 Å². The molecule has 1 fully saturated rings. The second kappa shape index (κ2) is 8.89. The second-order valence-electron chi connectivity index (χ2n) is 6.30. The molecule has 0 unspecified atom stereocenters. The summed E-state index contributed by atoms with van der Waals surface area (Å²) in [4.78, 5) is 16.5. The molecule has 0 aliphatic carbocycles. The average Bonchev–Trinajstić information content (AvgIpc) is 2.56. The van der Waals surface area contributed by atoms with E-state index in [1.165, 1.54) is 6.42 Å². The highest BCUT2D eigenvalue weighted by Crippen LogP contribution is 2.17. The third-order valence-electron chi connectivity index (χ3n) is 4.37. The lowest BCUT2D eigenvalue weighted by Gasteiger charge is -2.32. The molecule has 1 aromatic rings. The van der Waals surface area contributed by atoms with Crippen LogP contribution in [-0.2, 0) is 16.1 Å². The van der Waals surface area contributed by atoms with Gasteiger partial charge in [0.15, 0.2) is 0 Å². The largest absolute Gasteiger partial charge is 0.497 e. The summed E-state index contributed by atoms with van der Waals surface area (Å²) < 4.78 is 10.4. The van der Waals surface area contributed by atoms with Crippen LogP contribution in [0.2, 0.25) is 0 Å². The third-order valence-corrected chi connectivity index (χ3v) is 4.37. The molecular weight excluding hydrogens is 292 g/mol. The first-order valence-corrected chi connectivity index (χ1v) is 8.20. The number of likely N-dealkylation sites (N-methyl/N-ethyl adjacent to an activating group) is 1. The van der Waals surface area contributed by atoms with E-state index in [0.717, 1.165) is 37.4 Å². The fourth-order valence-corrected chi connectivity index (χ4v) is 3.07. The van der Waals surface area contributed by atoms with Gasteiger partial charge >= 0.3 is 0 Å². The van der Waals surface area contributed by atoms with Gasteiger partial charge in [-0.05, 0) is 43.0 Å². The Bertz CT molecular complexity index is 488. The highest BCUT2D eigenvalue weighted by Gasteiger charge is 2.22. The smallest absolute Gasteiger partial charge is 0.236 e. The molecule has 23 heavy (non-hydrogen) atoms. The second-order valence-corrected chi connectivity index (χ2v) is 6.30. The number of rotatable bonds is 7. The lowest BCUT2D eigenvalue weighted by atomic mass is 9.99. The van der Waals surface area contributed by atoms with E-state index in [9.17, 15) is 4.79 Å². The van der Waals surface area contributed by atoms with Crippen molar-refractivity contribution in [3.63, 3.8) is 0 Å². The number of benzene rings is 1. The topological polar surface area (TPSA) is 42.0 Å². The number of likely N-dealkylation sites (tertiary alicyclic amines) is 1. The molecule has 0 aromatic heterocycles. The molecule has 1 amide bonds. The summed E-state index contributed by atoms with van der Waals surface area (Å²) in [6, 6.07) is 7.84. The van der Waals surface area contributed by atoms with Crippen LogP contribution in [0, 0.1) is 5.92 Å². The van der Waals surface area contributed by atoms with Gasteiger partial charge in [0.05, 0.1) is 20.3 Å². The number of methoxy groups -OCH3 is 2. The number of carbonyl (C=O) groups excluding carboxylic acids is 1. The highest BCUT2D eigenvalue weighted by molar-refractivity contribution is 5.78. The first-order chi connectivity index (χ1) is 11.1. The predicted molar refractivity (Wildman–Crippen MR) is 90.5 cm³/mol. The molecule has 5 heteroatoms. The molecule has 0 bridgehead atoms. The van der Waals surface area contributed by atoms with Crippen molar-refractivity contribution in [1.82, 2.24) is 9.80 Å². The Morgan fingerprint density at radius 3 is 2.70 bits per heavy atom. The molecule has 1 saturated heterocycles. The summed E-state index contributed by atoms with van der Waals surface area (Å²) in [5.74, 6) is 1.55. The van der Waals surface area contributed by atoms with Gasteiger partial charge in [-0.15, -0.1) is 0 Å². The molecule has 1 aliphatic heterocycles. The van der Waals surface area contributed by atoms with Gasteiger partial charge in [0.2, 0.25) is 5.91 Å². The summed E-state index contributed by atoms with van der Waals surface area (Å²) in [6.45, 7) is 3.86. The molecule has 5 nitrogen and oxygen atoms in total. The molecule has 2 rings (SSSR count). The van der Waals surface area contributed by atoms with Crippen molar-refractivity contribution in [2.24, 2.45) is 5.92 Å². The summed E-state index contributed by atoms with van der Waals surface area (Å²) in [7, 11) is 5.26. The predicted octanol–water partition coefficient (Wildman–Crippen LogP) is 2.01. The van der Waals surface area contributed by atoms with Crippen molar-refractivity contribution in [2.75, 3.05) is 47.5 Å². The van der Waals surface area contributed by atoms with Gasteiger partial charge < -0.3 is 14.4 Å². The van der Waals surface area contributed by atoms with Gasteiger partial charge in [0, 0.05) is 27.2 Å². The van der Waals surface area contributed by atoms with Crippen LogP contribution < -0.4 is 4.74 Å². The maximum Gasteiger partial charge on any atom is 0.236 e. The van der Waals surface area contributed by atoms with Gasteiger partial charge in [0.1, 0.15) is 5.75 Å².